The third kappa shape index (κ3) is 3.00. The molecular weight excluding hydrogens is 344 g/mol. The molecule has 0 aromatic heterocycles. The first-order chi connectivity index (χ1) is 12.3. The lowest BCUT2D eigenvalue weighted by molar-refractivity contribution is 0.0704. The van der Waals surface area contributed by atoms with Crippen LogP contribution in [0.1, 0.15) is 17.2 Å². The largest absolute Gasteiger partial charge is 0.508 e. The summed E-state index contributed by atoms with van der Waals surface area (Å²) >= 11 is 0. The van der Waals surface area contributed by atoms with Crippen molar-refractivity contribution in [1.82, 2.24) is 0 Å². The van der Waals surface area contributed by atoms with Crippen molar-refractivity contribution in [2.75, 3.05) is 0 Å². The molecule has 1 heterocycles. The number of hydrogen-bond acceptors (Lipinski definition) is 8. The Morgan fingerprint density at radius 3 is 2.35 bits per heavy atom. The highest BCUT2D eigenvalue weighted by Gasteiger charge is 2.38. The van der Waals surface area contributed by atoms with Crippen LogP contribution in [0.15, 0.2) is 40.5 Å². The topological polar surface area (TPSA) is 187 Å². The van der Waals surface area contributed by atoms with Gasteiger partial charge in [0.05, 0.1) is 5.56 Å². The maximum Gasteiger partial charge on any atom is 0.211 e. The van der Waals surface area contributed by atoms with E-state index in [1.54, 1.807) is 0 Å². The summed E-state index contributed by atoms with van der Waals surface area (Å²) in [4.78, 5) is 0. The van der Waals surface area contributed by atoms with E-state index >= 15 is 0 Å². The van der Waals surface area contributed by atoms with Crippen molar-refractivity contribution in [2.45, 2.75) is 12.2 Å². The smallest absolute Gasteiger partial charge is 0.211 e. The van der Waals surface area contributed by atoms with Gasteiger partial charge in [-0.3, -0.25) is 0 Å². The molecule has 0 fully saturated rings. The quantitative estimate of drug-likeness (QED) is 0.168. The predicted octanol–water partition coefficient (Wildman–Crippen LogP) is -0.0189. The molecule has 0 amide bonds. The van der Waals surface area contributed by atoms with Crippen molar-refractivity contribution < 1.29 is 30.3 Å². The number of nitrogens with zero attached hydrogens (tertiary/aromatic N) is 2. The van der Waals surface area contributed by atoms with E-state index in [9.17, 15) is 25.5 Å². The van der Waals surface area contributed by atoms with Crippen LogP contribution < -0.4 is 16.2 Å². The molecule has 1 aliphatic heterocycles. The van der Waals surface area contributed by atoms with Crippen LogP contribution in [-0.2, 0) is 0 Å². The molecule has 0 bridgehead atoms. The van der Waals surface area contributed by atoms with E-state index in [1.807, 2.05) is 0 Å². The number of aliphatic hydroxyl groups excluding tert-OH is 1. The summed E-state index contributed by atoms with van der Waals surface area (Å²) in [6.45, 7) is 0. The van der Waals surface area contributed by atoms with E-state index in [4.69, 9.17) is 16.2 Å². The zero-order valence-electron chi connectivity index (χ0n) is 13.2. The summed E-state index contributed by atoms with van der Waals surface area (Å²) in [6, 6.07) is 6.12. The third-order valence-corrected chi connectivity index (χ3v) is 3.74. The summed E-state index contributed by atoms with van der Waals surface area (Å²) in [5.74, 6) is -1.76. The minimum Gasteiger partial charge on any atom is -0.508 e. The van der Waals surface area contributed by atoms with Crippen molar-refractivity contribution in [3.05, 3.63) is 41.5 Å². The molecule has 2 aromatic rings. The fourth-order valence-corrected chi connectivity index (χ4v) is 2.62. The zero-order chi connectivity index (χ0) is 19.0. The van der Waals surface area contributed by atoms with Crippen molar-refractivity contribution in [3.63, 3.8) is 0 Å². The number of ether oxygens (including phenoxy) is 1. The number of fused-ring (bicyclic) bond motifs is 1. The zero-order valence-corrected chi connectivity index (χ0v) is 13.2. The van der Waals surface area contributed by atoms with Crippen LogP contribution >= 0.6 is 0 Å². The van der Waals surface area contributed by atoms with Gasteiger partial charge in [0.1, 0.15) is 29.1 Å². The number of benzene rings is 2. The molecule has 2 aromatic carbocycles. The van der Waals surface area contributed by atoms with Crippen LogP contribution in [0.2, 0.25) is 0 Å². The molecule has 9 N–H and O–H groups in total. The van der Waals surface area contributed by atoms with Gasteiger partial charge in [-0.05, 0) is 17.7 Å². The van der Waals surface area contributed by atoms with Gasteiger partial charge in [0.25, 0.3) is 0 Å². The Bertz CT molecular complexity index is 923. The average Bonchev–Trinajstić information content (AvgIpc) is 2.56. The fourth-order valence-electron chi connectivity index (χ4n) is 2.62. The molecule has 10 nitrogen and oxygen atoms in total. The van der Waals surface area contributed by atoms with Gasteiger partial charge in [-0.15, -0.1) is 10.2 Å². The molecule has 0 spiro atoms. The number of aliphatic hydroxyl groups is 1. The number of hydrogen-bond donors (Lipinski definition) is 7. The van der Waals surface area contributed by atoms with Gasteiger partial charge in [-0.25, -0.2) is 0 Å². The summed E-state index contributed by atoms with van der Waals surface area (Å²) in [6.07, 6.45) is -2.51. The lowest BCUT2D eigenvalue weighted by atomic mass is 9.92. The average molecular weight is 360 g/mol. The van der Waals surface area contributed by atoms with Gasteiger partial charge < -0.3 is 41.7 Å². The van der Waals surface area contributed by atoms with Crippen LogP contribution in [-0.4, -0.2) is 43.3 Å². The normalized spacial score (nSPS) is 20.3. The molecule has 3 rings (SSSR count). The highest BCUT2D eigenvalue weighted by Crippen LogP contribution is 2.43. The minimum atomic E-state index is -1.43. The Morgan fingerprint density at radius 2 is 1.69 bits per heavy atom. The Morgan fingerprint density at radius 1 is 0.962 bits per heavy atom. The van der Waals surface area contributed by atoms with Crippen LogP contribution in [0.3, 0.4) is 0 Å². The second-order valence-corrected chi connectivity index (χ2v) is 5.58. The minimum absolute atomic E-state index is 0.0135. The number of phenols is 4. The second kappa shape index (κ2) is 6.33. The summed E-state index contributed by atoms with van der Waals surface area (Å²) < 4.78 is 5.67. The molecule has 0 radical (unpaired) electrons. The molecule has 1 aliphatic rings. The monoisotopic (exact) mass is 360 g/mol. The Balaban J connectivity index is 2.17. The lowest BCUT2D eigenvalue weighted by Gasteiger charge is -2.32. The van der Waals surface area contributed by atoms with Gasteiger partial charge in [0, 0.05) is 12.1 Å². The number of phenolic OH excluding ortho intramolecular Hbond substituents is 4. The van der Waals surface area contributed by atoms with Crippen LogP contribution in [0, 0.1) is 0 Å². The lowest BCUT2D eigenvalue weighted by Crippen LogP contribution is -2.37. The van der Waals surface area contributed by atoms with Gasteiger partial charge in [-0.2, -0.15) is 0 Å². The van der Waals surface area contributed by atoms with E-state index in [1.165, 1.54) is 24.3 Å². The molecule has 10 heteroatoms. The van der Waals surface area contributed by atoms with Crippen LogP contribution in [0.5, 0.6) is 28.7 Å². The Labute approximate surface area is 146 Å². The number of rotatable bonds is 2. The Hall–Kier alpha value is -3.66. The molecule has 0 saturated heterocycles. The van der Waals surface area contributed by atoms with Gasteiger partial charge >= 0.3 is 0 Å². The summed E-state index contributed by atoms with van der Waals surface area (Å²) in [5.41, 5.74) is 10.7. The van der Waals surface area contributed by atoms with Crippen LogP contribution in [0.4, 0.5) is 0 Å². The number of nitrogens with two attached hydrogens (primary N) is 2. The maximum absolute atomic E-state index is 10.7. The highest BCUT2D eigenvalue weighted by molar-refractivity contribution is 6.09. The van der Waals surface area contributed by atoms with E-state index in [2.05, 4.69) is 10.2 Å². The molecular formula is C16H16N4O6. The maximum atomic E-state index is 10.7. The van der Waals surface area contributed by atoms with E-state index in [0.717, 1.165) is 6.07 Å². The first-order valence-electron chi connectivity index (χ1n) is 7.37. The Kier molecular flexibility index (Phi) is 4.18. The van der Waals surface area contributed by atoms with Gasteiger partial charge in [0.15, 0.2) is 17.6 Å². The van der Waals surface area contributed by atoms with Gasteiger partial charge in [0.2, 0.25) is 5.96 Å². The van der Waals surface area contributed by atoms with Crippen molar-refractivity contribution in [1.29, 1.82) is 0 Å². The van der Waals surface area contributed by atoms with Crippen molar-refractivity contribution in [2.24, 2.45) is 21.7 Å². The third-order valence-electron chi connectivity index (χ3n) is 3.74. The van der Waals surface area contributed by atoms with E-state index in [-0.39, 0.29) is 34.5 Å². The standard InChI is InChI=1S/C16H16N4O6/c17-16(18)20-19-13-12-10(24)4-7(21)5-11(12)26-15(14(13)25)6-1-2-8(22)9(23)3-6/h1-5,14-15,21-25H,(H4,17,18,20)/b19-13-. The fraction of sp³-hybridized carbons (Fsp3) is 0.125. The van der Waals surface area contributed by atoms with Gasteiger partial charge in [-0.1, -0.05) is 6.07 Å². The van der Waals surface area contributed by atoms with E-state index in [0.29, 0.717) is 5.56 Å². The first kappa shape index (κ1) is 17.2. The SMILES string of the molecule is NC(N)=N/N=C1/c2c(O)cc(O)cc2OC(c2ccc(O)c(O)c2)C1O. The molecule has 0 saturated carbocycles. The molecule has 0 aliphatic carbocycles. The first-order valence-corrected chi connectivity index (χ1v) is 7.37. The van der Waals surface area contributed by atoms with Crippen LogP contribution in [0.25, 0.3) is 0 Å². The van der Waals surface area contributed by atoms with Crippen molar-refractivity contribution in [3.8, 4) is 28.7 Å². The molecule has 2 atom stereocenters. The van der Waals surface area contributed by atoms with E-state index < -0.39 is 23.7 Å². The predicted molar refractivity (Wildman–Crippen MR) is 91.3 cm³/mol. The second-order valence-electron chi connectivity index (χ2n) is 5.58. The van der Waals surface area contributed by atoms with Crippen molar-refractivity contribution >= 4 is 11.7 Å². The molecule has 136 valence electrons. The summed E-state index contributed by atoms with van der Waals surface area (Å²) in [5, 5.41) is 56.9. The highest BCUT2D eigenvalue weighted by atomic mass is 16.5. The molecule has 26 heavy (non-hydrogen) atoms. The molecule has 2 unspecified atom stereocenters. The number of guanidine groups is 1. The summed E-state index contributed by atoms with van der Waals surface area (Å²) in [7, 11) is 0. The number of aromatic hydroxyl groups is 4.